The Balaban J connectivity index is 4.41. The first kappa shape index (κ1) is 15.9. The van der Waals surface area contributed by atoms with Crippen LogP contribution in [0.4, 0.5) is 0 Å². The molecule has 5 nitrogen and oxygen atoms in total. The molecule has 0 saturated heterocycles. The van der Waals surface area contributed by atoms with Gasteiger partial charge in [0.2, 0.25) is 11.8 Å². The third kappa shape index (κ3) is 5.68. The summed E-state index contributed by atoms with van der Waals surface area (Å²) in [6.45, 7) is 11.1. The van der Waals surface area contributed by atoms with Gasteiger partial charge < -0.3 is 16.4 Å². The highest BCUT2D eigenvalue weighted by Crippen LogP contribution is 2.12. The summed E-state index contributed by atoms with van der Waals surface area (Å²) in [7, 11) is 0. The summed E-state index contributed by atoms with van der Waals surface area (Å²) in [5.41, 5.74) is 4.54. The summed E-state index contributed by atoms with van der Waals surface area (Å²) in [6.07, 6.45) is 0. The Morgan fingerprint density at radius 2 is 1.65 bits per heavy atom. The molecular formula is C12H25N3O2. The van der Waals surface area contributed by atoms with Crippen LogP contribution in [0.25, 0.3) is 0 Å². The first-order chi connectivity index (χ1) is 7.49. The highest BCUT2D eigenvalue weighted by atomic mass is 16.2. The van der Waals surface area contributed by atoms with E-state index in [9.17, 15) is 9.59 Å². The van der Waals surface area contributed by atoms with Crippen molar-refractivity contribution in [1.29, 1.82) is 0 Å². The van der Waals surface area contributed by atoms with Gasteiger partial charge in [0.25, 0.3) is 0 Å². The van der Waals surface area contributed by atoms with Gasteiger partial charge in [0.15, 0.2) is 0 Å². The number of hydrogen-bond donors (Lipinski definition) is 3. The molecule has 0 rings (SSSR count). The molecule has 0 aromatic rings. The quantitative estimate of drug-likeness (QED) is 0.668. The lowest BCUT2D eigenvalue weighted by atomic mass is 9.92. The number of carbonyl (C=O) groups excluding carboxylic acids is 2. The monoisotopic (exact) mass is 243 g/mol. The van der Waals surface area contributed by atoms with Gasteiger partial charge in [0, 0.05) is 12.1 Å². The average molecular weight is 243 g/mol. The molecule has 0 bridgehead atoms. The summed E-state index contributed by atoms with van der Waals surface area (Å²) >= 11 is 0. The van der Waals surface area contributed by atoms with E-state index >= 15 is 0 Å². The van der Waals surface area contributed by atoms with Crippen molar-refractivity contribution in [2.75, 3.05) is 6.54 Å². The van der Waals surface area contributed by atoms with Crippen LogP contribution in [0.3, 0.4) is 0 Å². The zero-order valence-electron chi connectivity index (χ0n) is 11.7. The van der Waals surface area contributed by atoms with Gasteiger partial charge >= 0.3 is 0 Å². The van der Waals surface area contributed by atoms with E-state index in [2.05, 4.69) is 10.6 Å². The molecule has 0 fully saturated rings. The molecule has 1 unspecified atom stereocenters. The van der Waals surface area contributed by atoms with Crippen molar-refractivity contribution in [3.8, 4) is 0 Å². The van der Waals surface area contributed by atoms with Gasteiger partial charge in [0.1, 0.15) is 6.04 Å². The van der Waals surface area contributed by atoms with Crippen LogP contribution in [-0.4, -0.2) is 29.9 Å². The predicted molar refractivity (Wildman–Crippen MR) is 68.3 cm³/mol. The molecule has 0 spiro atoms. The fourth-order valence-electron chi connectivity index (χ4n) is 1.03. The third-order valence-corrected chi connectivity index (χ3v) is 2.36. The second-order valence-corrected chi connectivity index (χ2v) is 6.02. The summed E-state index contributed by atoms with van der Waals surface area (Å²) in [5, 5.41) is 5.47. The molecule has 0 aromatic heterocycles. The first-order valence-corrected chi connectivity index (χ1v) is 5.82. The minimum Gasteiger partial charge on any atom is -0.350 e. The van der Waals surface area contributed by atoms with Crippen LogP contribution >= 0.6 is 0 Å². The molecule has 17 heavy (non-hydrogen) atoms. The SMILES string of the molecule is CC(NC(=O)C(C)(C)CN)C(=O)NC(C)(C)C. The fourth-order valence-corrected chi connectivity index (χ4v) is 1.03. The van der Waals surface area contributed by atoms with Crippen molar-refractivity contribution in [3.05, 3.63) is 0 Å². The molecule has 5 heteroatoms. The van der Waals surface area contributed by atoms with Gasteiger partial charge in [-0.2, -0.15) is 0 Å². The van der Waals surface area contributed by atoms with Crippen LogP contribution in [-0.2, 0) is 9.59 Å². The fraction of sp³-hybridized carbons (Fsp3) is 0.833. The van der Waals surface area contributed by atoms with E-state index in [-0.39, 0.29) is 23.9 Å². The topological polar surface area (TPSA) is 84.2 Å². The van der Waals surface area contributed by atoms with Crippen LogP contribution in [0, 0.1) is 5.41 Å². The summed E-state index contributed by atoms with van der Waals surface area (Å²) in [6, 6.07) is -0.562. The van der Waals surface area contributed by atoms with Crippen LogP contribution in [0.5, 0.6) is 0 Å². The third-order valence-electron chi connectivity index (χ3n) is 2.36. The number of carbonyl (C=O) groups is 2. The summed E-state index contributed by atoms with van der Waals surface area (Å²) < 4.78 is 0. The average Bonchev–Trinajstić information content (AvgIpc) is 2.14. The highest BCUT2D eigenvalue weighted by Gasteiger charge is 2.29. The second kappa shape index (κ2) is 5.49. The van der Waals surface area contributed by atoms with Crippen molar-refractivity contribution in [1.82, 2.24) is 10.6 Å². The minimum atomic E-state index is -0.656. The van der Waals surface area contributed by atoms with Crippen molar-refractivity contribution in [2.24, 2.45) is 11.1 Å². The molecule has 0 aliphatic heterocycles. The van der Waals surface area contributed by atoms with Crippen LogP contribution < -0.4 is 16.4 Å². The Labute approximate surface area is 104 Å². The summed E-state index contributed by atoms with van der Waals surface area (Å²) in [4.78, 5) is 23.6. The van der Waals surface area contributed by atoms with Gasteiger partial charge in [-0.05, 0) is 41.5 Å². The Bertz CT molecular complexity index is 293. The maximum atomic E-state index is 11.8. The Morgan fingerprint density at radius 1 is 1.18 bits per heavy atom. The standard InChI is InChI=1S/C12H25N3O2/c1-8(9(16)15-11(2,3)4)14-10(17)12(5,6)7-13/h8H,7,13H2,1-6H3,(H,14,17)(H,15,16). The van der Waals surface area contributed by atoms with Crippen molar-refractivity contribution in [3.63, 3.8) is 0 Å². The van der Waals surface area contributed by atoms with E-state index in [1.807, 2.05) is 20.8 Å². The molecular weight excluding hydrogens is 218 g/mol. The van der Waals surface area contributed by atoms with Gasteiger partial charge in [-0.1, -0.05) is 0 Å². The molecule has 0 aliphatic carbocycles. The molecule has 100 valence electrons. The van der Waals surface area contributed by atoms with E-state index < -0.39 is 11.5 Å². The first-order valence-electron chi connectivity index (χ1n) is 5.82. The van der Waals surface area contributed by atoms with Crippen molar-refractivity contribution >= 4 is 11.8 Å². The smallest absolute Gasteiger partial charge is 0.242 e. The van der Waals surface area contributed by atoms with E-state index in [4.69, 9.17) is 5.73 Å². The number of nitrogens with two attached hydrogens (primary N) is 1. The Hall–Kier alpha value is -1.10. The molecule has 4 N–H and O–H groups in total. The normalized spacial score (nSPS) is 14.1. The molecule has 0 saturated carbocycles. The molecule has 0 aliphatic rings. The number of nitrogens with one attached hydrogen (secondary N) is 2. The van der Waals surface area contributed by atoms with Crippen LogP contribution in [0.1, 0.15) is 41.5 Å². The number of amides is 2. The zero-order valence-corrected chi connectivity index (χ0v) is 11.7. The van der Waals surface area contributed by atoms with E-state index in [1.54, 1.807) is 20.8 Å². The lowest BCUT2D eigenvalue weighted by Gasteiger charge is -2.27. The molecule has 0 radical (unpaired) electrons. The highest BCUT2D eigenvalue weighted by molar-refractivity contribution is 5.89. The number of rotatable bonds is 4. The zero-order chi connectivity index (χ0) is 13.9. The molecule has 0 aromatic carbocycles. The summed E-state index contributed by atoms with van der Waals surface area (Å²) in [5.74, 6) is -0.407. The van der Waals surface area contributed by atoms with Crippen molar-refractivity contribution < 1.29 is 9.59 Å². The van der Waals surface area contributed by atoms with Gasteiger partial charge in [0.05, 0.1) is 5.41 Å². The molecule has 1 atom stereocenters. The Kier molecular flexibility index (Phi) is 5.13. The van der Waals surface area contributed by atoms with Gasteiger partial charge in [-0.3, -0.25) is 9.59 Å². The number of hydrogen-bond acceptors (Lipinski definition) is 3. The van der Waals surface area contributed by atoms with E-state index in [0.29, 0.717) is 0 Å². The minimum absolute atomic E-state index is 0.196. The molecule has 2 amide bonds. The largest absolute Gasteiger partial charge is 0.350 e. The van der Waals surface area contributed by atoms with Gasteiger partial charge in [-0.15, -0.1) is 0 Å². The van der Waals surface area contributed by atoms with E-state index in [1.165, 1.54) is 0 Å². The van der Waals surface area contributed by atoms with Crippen LogP contribution in [0.2, 0.25) is 0 Å². The van der Waals surface area contributed by atoms with E-state index in [0.717, 1.165) is 0 Å². The predicted octanol–water partition coefficient (Wildman–Crippen LogP) is 0.391. The Morgan fingerprint density at radius 3 is 2.00 bits per heavy atom. The maximum absolute atomic E-state index is 11.8. The van der Waals surface area contributed by atoms with Crippen LogP contribution in [0.15, 0.2) is 0 Å². The van der Waals surface area contributed by atoms with Crippen molar-refractivity contribution in [2.45, 2.75) is 53.1 Å². The lowest BCUT2D eigenvalue weighted by molar-refractivity contribution is -0.133. The molecule has 0 heterocycles. The maximum Gasteiger partial charge on any atom is 0.242 e. The lowest BCUT2D eigenvalue weighted by Crippen LogP contribution is -2.53. The second-order valence-electron chi connectivity index (χ2n) is 6.02. The van der Waals surface area contributed by atoms with Gasteiger partial charge in [-0.25, -0.2) is 0 Å².